The largest absolute Gasteiger partial charge is 0.573 e. The Hall–Kier alpha value is -1.72. The van der Waals surface area contributed by atoms with Crippen LogP contribution in [0.25, 0.3) is 0 Å². The van der Waals surface area contributed by atoms with Crippen molar-refractivity contribution in [2.75, 3.05) is 11.9 Å². The van der Waals surface area contributed by atoms with Gasteiger partial charge in [0, 0.05) is 6.04 Å². The highest BCUT2D eigenvalue weighted by Crippen LogP contribution is 2.29. The molecule has 1 aromatic carbocycles. The zero-order valence-electron chi connectivity index (χ0n) is 11.9. The number of ether oxygens (including phenoxy) is 1. The number of hydrogen-bond donors (Lipinski definition) is 3. The van der Waals surface area contributed by atoms with Crippen LogP contribution in [0, 0.1) is 0 Å². The molecule has 0 saturated heterocycles. The number of guanidine groups is 1. The molecule has 1 aliphatic rings. The second kappa shape index (κ2) is 8.22. The molecule has 4 N–H and O–H groups in total. The number of anilines is 1. The zero-order chi connectivity index (χ0) is 16.2. The Balaban J connectivity index is 0.00000264. The summed E-state index contributed by atoms with van der Waals surface area (Å²) in [6.07, 6.45) is -2.91. The van der Waals surface area contributed by atoms with Crippen molar-refractivity contribution in [3.63, 3.8) is 0 Å². The summed E-state index contributed by atoms with van der Waals surface area (Å²) < 4.78 is 40.7. The highest BCUT2D eigenvalue weighted by Gasteiger charge is 2.32. The summed E-state index contributed by atoms with van der Waals surface area (Å²) in [5.74, 6) is -0.896. The molecular formula is C13H16F3IN4O2. The molecule has 0 spiro atoms. The monoisotopic (exact) mass is 444 g/mol. The first-order valence-electron chi connectivity index (χ1n) is 6.54. The van der Waals surface area contributed by atoms with E-state index in [2.05, 4.69) is 20.4 Å². The van der Waals surface area contributed by atoms with Crippen LogP contribution in [0.2, 0.25) is 0 Å². The highest BCUT2D eigenvalue weighted by molar-refractivity contribution is 14.0. The van der Waals surface area contributed by atoms with E-state index in [0.29, 0.717) is 0 Å². The molecule has 0 aliphatic heterocycles. The molecule has 0 aromatic heterocycles. The summed E-state index contributed by atoms with van der Waals surface area (Å²) in [6.45, 7) is -0.197. The Morgan fingerprint density at radius 3 is 2.61 bits per heavy atom. The van der Waals surface area contributed by atoms with Crippen LogP contribution in [0.1, 0.15) is 12.8 Å². The van der Waals surface area contributed by atoms with Crippen molar-refractivity contribution >= 4 is 41.5 Å². The zero-order valence-corrected chi connectivity index (χ0v) is 14.2. The van der Waals surface area contributed by atoms with E-state index < -0.39 is 12.1 Å². The number of para-hydroxylation sites is 2. The van der Waals surface area contributed by atoms with Gasteiger partial charge >= 0.3 is 6.36 Å². The van der Waals surface area contributed by atoms with Gasteiger partial charge in [-0.2, -0.15) is 0 Å². The molecule has 128 valence electrons. The van der Waals surface area contributed by atoms with E-state index in [4.69, 9.17) is 5.73 Å². The van der Waals surface area contributed by atoms with Gasteiger partial charge in [-0.3, -0.25) is 4.79 Å². The van der Waals surface area contributed by atoms with Crippen LogP contribution >= 0.6 is 24.0 Å². The average Bonchev–Trinajstić information content (AvgIpc) is 3.21. The predicted octanol–water partition coefficient (Wildman–Crippen LogP) is 2.21. The third-order valence-electron chi connectivity index (χ3n) is 2.71. The summed E-state index contributed by atoms with van der Waals surface area (Å²) in [4.78, 5) is 15.2. The Kier molecular flexibility index (Phi) is 6.91. The Morgan fingerprint density at radius 1 is 1.35 bits per heavy atom. The molecule has 1 fully saturated rings. The minimum Gasteiger partial charge on any atom is -0.404 e. The number of nitrogens with one attached hydrogen (secondary N) is 2. The molecule has 1 amide bonds. The molecule has 23 heavy (non-hydrogen) atoms. The van der Waals surface area contributed by atoms with E-state index in [-0.39, 0.29) is 54.1 Å². The van der Waals surface area contributed by atoms with Gasteiger partial charge in [-0.25, -0.2) is 4.99 Å². The maximum absolute atomic E-state index is 12.3. The van der Waals surface area contributed by atoms with E-state index >= 15 is 0 Å². The van der Waals surface area contributed by atoms with Crippen LogP contribution in [-0.2, 0) is 4.79 Å². The van der Waals surface area contributed by atoms with Crippen molar-refractivity contribution in [1.29, 1.82) is 0 Å². The molecule has 0 bridgehead atoms. The molecule has 0 radical (unpaired) electrons. The first-order valence-corrected chi connectivity index (χ1v) is 6.54. The van der Waals surface area contributed by atoms with Gasteiger partial charge in [-0.05, 0) is 25.0 Å². The third-order valence-corrected chi connectivity index (χ3v) is 2.71. The molecular weight excluding hydrogens is 428 g/mol. The lowest BCUT2D eigenvalue weighted by Gasteiger charge is -2.14. The molecule has 1 aliphatic carbocycles. The predicted molar refractivity (Wildman–Crippen MR) is 89.8 cm³/mol. The van der Waals surface area contributed by atoms with E-state index in [9.17, 15) is 18.0 Å². The minimum absolute atomic E-state index is 0. The first kappa shape index (κ1) is 19.3. The maximum Gasteiger partial charge on any atom is 0.573 e. The van der Waals surface area contributed by atoms with Crippen molar-refractivity contribution in [2.45, 2.75) is 25.2 Å². The van der Waals surface area contributed by atoms with Gasteiger partial charge in [-0.1, -0.05) is 12.1 Å². The summed E-state index contributed by atoms with van der Waals surface area (Å²) in [5.41, 5.74) is 5.56. The molecule has 0 atom stereocenters. The van der Waals surface area contributed by atoms with Gasteiger partial charge in [0.05, 0.1) is 5.69 Å². The molecule has 0 heterocycles. The average molecular weight is 444 g/mol. The maximum atomic E-state index is 12.3. The Labute approximate surface area is 147 Å². The number of hydrogen-bond acceptors (Lipinski definition) is 3. The highest BCUT2D eigenvalue weighted by atomic mass is 127. The van der Waals surface area contributed by atoms with Gasteiger partial charge in [0.25, 0.3) is 0 Å². The molecule has 6 nitrogen and oxygen atoms in total. The number of aliphatic imine (C=N–C) groups is 1. The van der Waals surface area contributed by atoms with E-state index in [0.717, 1.165) is 18.9 Å². The number of benzene rings is 1. The molecule has 2 rings (SSSR count). The summed E-state index contributed by atoms with van der Waals surface area (Å²) in [5, 5.41) is 5.19. The van der Waals surface area contributed by atoms with E-state index in [1.54, 1.807) is 0 Å². The van der Waals surface area contributed by atoms with Crippen molar-refractivity contribution in [1.82, 2.24) is 5.32 Å². The van der Waals surface area contributed by atoms with Gasteiger partial charge in [0.15, 0.2) is 11.7 Å². The summed E-state index contributed by atoms with van der Waals surface area (Å²) in [7, 11) is 0. The van der Waals surface area contributed by atoms with E-state index in [1.807, 2.05) is 0 Å². The number of nitrogens with zero attached hydrogens (tertiary/aromatic N) is 1. The van der Waals surface area contributed by atoms with Crippen LogP contribution in [-0.4, -0.2) is 30.8 Å². The SMILES string of the molecule is I.NC(=NCC(=O)NC1CC1)Nc1ccccc1OC(F)(F)F. The topological polar surface area (TPSA) is 88.7 Å². The lowest BCUT2D eigenvalue weighted by molar-refractivity contribution is -0.274. The third kappa shape index (κ3) is 7.39. The van der Waals surface area contributed by atoms with Gasteiger partial charge in [-0.15, -0.1) is 37.1 Å². The second-order valence-corrected chi connectivity index (χ2v) is 4.71. The lowest BCUT2D eigenvalue weighted by atomic mass is 10.3. The standard InChI is InChI=1S/C13H15F3N4O2.HI/c14-13(15,16)22-10-4-2-1-3-9(10)20-12(17)18-7-11(21)19-8-5-6-8;/h1-4,8H,5-7H2,(H,19,21)(H3,17,18,20);1H. The lowest BCUT2D eigenvalue weighted by Crippen LogP contribution is -2.30. The van der Waals surface area contributed by atoms with Crippen LogP contribution < -0.4 is 21.1 Å². The fraction of sp³-hybridized carbons (Fsp3) is 0.385. The van der Waals surface area contributed by atoms with Crippen LogP contribution in [0.5, 0.6) is 5.75 Å². The number of amides is 1. The van der Waals surface area contributed by atoms with Gasteiger partial charge in [0.2, 0.25) is 5.91 Å². The number of rotatable bonds is 5. The van der Waals surface area contributed by atoms with Crippen molar-refractivity contribution < 1.29 is 22.7 Å². The normalized spacial score (nSPS) is 14.7. The number of nitrogens with two attached hydrogens (primary N) is 1. The van der Waals surface area contributed by atoms with Crippen molar-refractivity contribution in [3.8, 4) is 5.75 Å². The van der Waals surface area contributed by atoms with Crippen LogP contribution in [0.4, 0.5) is 18.9 Å². The van der Waals surface area contributed by atoms with Crippen LogP contribution in [0.15, 0.2) is 29.3 Å². The minimum atomic E-state index is -4.81. The molecule has 10 heteroatoms. The summed E-state index contributed by atoms with van der Waals surface area (Å²) >= 11 is 0. The second-order valence-electron chi connectivity index (χ2n) is 4.71. The van der Waals surface area contributed by atoms with Gasteiger partial charge in [0.1, 0.15) is 6.54 Å². The number of carbonyl (C=O) groups is 1. The van der Waals surface area contributed by atoms with Gasteiger partial charge < -0.3 is 21.1 Å². The summed E-state index contributed by atoms with van der Waals surface area (Å²) in [6, 6.07) is 5.61. The molecule has 1 aromatic rings. The van der Waals surface area contributed by atoms with Crippen LogP contribution in [0.3, 0.4) is 0 Å². The van der Waals surface area contributed by atoms with Crippen molar-refractivity contribution in [3.05, 3.63) is 24.3 Å². The number of carbonyl (C=O) groups excluding carboxylic acids is 1. The Bertz CT molecular complexity index is 577. The fourth-order valence-electron chi connectivity index (χ4n) is 1.62. The molecule has 1 saturated carbocycles. The quantitative estimate of drug-likeness (QED) is 0.369. The van der Waals surface area contributed by atoms with E-state index in [1.165, 1.54) is 18.2 Å². The first-order chi connectivity index (χ1) is 10.3. The smallest absolute Gasteiger partial charge is 0.404 e. The molecule has 0 unspecified atom stereocenters. The fourth-order valence-corrected chi connectivity index (χ4v) is 1.62. The Morgan fingerprint density at radius 2 is 2.00 bits per heavy atom. The van der Waals surface area contributed by atoms with Crippen molar-refractivity contribution in [2.24, 2.45) is 10.7 Å². The number of alkyl halides is 3. The number of halogens is 4.